The van der Waals surface area contributed by atoms with E-state index in [0.717, 1.165) is 5.92 Å². The van der Waals surface area contributed by atoms with E-state index in [0.29, 0.717) is 12.0 Å². The summed E-state index contributed by atoms with van der Waals surface area (Å²) in [6.07, 6.45) is 3.94. The van der Waals surface area contributed by atoms with Crippen LogP contribution >= 0.6 is 11.3 Å². The quantitative estimate of drug-likeness (QED) is 0.812. The highest BCUT2D eigenvalue weighted by Gasteiger charge is 2.26. The number of rotatable bonds is 7. The van der Waals surface area contributed by atoms with Crippen LogP contribution in [0.4, 0.5) is 0 Å². The molecule has 1 atom stereocenters. The van der Waals surface area contributed by atoms with Gasteiger partial charge in [-0.05, 0) is 62.2 Å². The predicted octanol–water partition coefficient (Wildman–Crippen LogP) is 4.16. The van der Waals surface area contributed by atoms with E-state index in [2.05, 4.69) is 48.5 Å². The van der Waals surface area contributed by atoms with Gasteiger partial charge < -0.3 is 5.32 Å². The summed E-state index contributed by atoms with van der Waals surface area (Å²) >= 11 is 1.92. The van der Waals surface area contributed by atoms with E-state index in [1.807, 2.05) is 11.3 Å². The first-order valence-corrected chi connectivity index (χ1v) is 9.08. The van der Waals surface area contributed by atoms with E-state index in [1.165, 1.54) is 45.4 Å². The second-order valence-electron chi connectivity index (χ2n) is 6.39. The van der Waals surface area contributed by atoms with Gasteiger partial charge in [0.05, 0.1) is 0 Å². The van der Waals surface area contributed by atoms with Gasteiger partial charge in [-0.1, -0.05) is 26.8 Å². The zero-order chi connectivity index (χ0) is 14.4. The number of thiophene rings is 1. The van der Waals surface area contributed by atoms with E-state index < -0.39 is 0 Å². The van der Waals surface area contributed by atoms with Crippen molar-refractivity contribution in [1.82, 2.24) is 10.2 Å². The molecule has 1 fully saturated rings. The SMILES string of the molecule is CCCN(CC1CCNCC1)C(c1cccs1)C(C)C. The van der Waals surface area contributed by atoms with Crippen LogP contribution in [0.1, 0.15) is 51.0 Å². The Bertz CT molecular complexity index is 355. The van der Waals surface area contributed by atoms with Gasteiger partial charge in [0.1, 0.15) is 0 Å². The molecular formula is C17H30N2S. The molecule has 1 N–H and O–H groups in total. The summed E-state index contributed by atoms with van der Waals surface area (Å²) in [4.78, 5) is 4.30. The molecule has 20 heavy (non-hydrogen) atoms. The first-order chi connectivity index (χ1) is 9.72. The molecule has 0 radical (unpaired) electrons. The van der Waals surface area contributed by atoms with Crippen LogP contribution in [0.2, 0.25) is 0 Å². The number of hydrogen-bond donors (Lipinski definition) is 1. The Labute approximate surface area is 128 Å². The normalized spacial score (nSPS) is 18.9. The van der Waals surface area contributed by atoms with Crippen LogP contribution in [0.3, 0.4) is 0 Å². The molecule has 1 aliphatic heterocycles. The van der Waals surface area contributed by atoms with Gasteiger partial charge in [0.25, 0.3) is 0 Å². The highest BCUT2D eigenvalue weighted by atomic mass is 32.1. The fraction of sp³-hybridized carbons (Fsp3) is 0.765. The monoisotopic (exact) mass is 294 g/mol. The zero-order valence-corrected chi connectivity index (χ0v) is 14.1. The molecule has 2 nitrogen and oxygen atoms in total. The second-order valence-corrected chi connectivity index (χ2v) is 7.37. The third kappa shape index (κ3) is 4.31. The minimum atomic E-state index is 0.602. The molecule has 0 aromatic carbocycles. The number of piperidine rings is 1. The molecule has 0 saturated carbocycles. The molecule has 1 unspecified atom stereocenters. The highest BCUT2D eigenvalue weighted by Crippen LogP contribution is 2.33. The van der Waals surface area contributed by atoms with Gasteiger partial charge in [0.2, 0.25) is 0 Å². The van der Waals surface area contributed by atoms with Gasteiger partial charge in [-0.3, -0.25) is 4.90 Å². The van der Waals surface area contributed by atoms with Crippen LogP contribution in [0.25, 0.3) is 0 Å². The highest BCUT2D eigenvalue weighted by molar-refractivity contribution is 7.10. The van der Waals surface area contributed by atoms with E-state index in [1.54, 1.807) is 4.88 Å². The maximum Gasteiger partial charge on any atom is 0.0464 e. The lowest BCUT2D eigenvalue weighted by Gasteiger charge is -2.37. The average molecular weight is 295 g/mol. The molecule has 1 saturated heterocycles. The predicted molar refractivity (Wildman–Crippen MR) is 89.4 cm³/mol. The van der Waals surface area contributed by atoms with Gasteiger partial charge in [0, 0.05) is 17.5 Å². The molecule has 0 aliphatic carbocycles. The lowest BCUT2D eigenvalue weighted by molar-refractivity contribution is 0.123. The Morgan fingerprint density at radius 3 is 2.65 bits per heavy atom. The van der Waals surface area contributed by atoms with Gasteiger partial charge in [-0.15, -0.1) is 11.3 Å². The Balaban J connectivity index is 2.07. The van der Waals surface area contributed by atoms with E-state index >= 15 is 0 Å². The van der Waals surface area contributed by atoms with E-state index in [9.17, 15) is 0 Å². The van der Waals surface area contributed by atoms with Crippen molar-refractivity contribution in [2.45, 2.75) is 46.1 Å². The van der Waals surface area contributed by atoms with Crippen LogP contribution < -0.4 is 5.32 Å². The maximum atomic E-state index is 3.48. The molecule has 2 rings (SSSR count). The molecular weight excluding hydrogens is 264 g/mol. The van der Waals surface area contributed by atoms with Crippen LogP contribution in [-0.2, 0) is 0 Å². The zero-order valence-electron chi connectivity index (χ0n) is 13.3. The molecule has 1 aliphatic rings. The number of nitrogens with zero attached hydrogens (tertiary/aromatic N) is 1. The van der Waals surface area contributed by atoms with Crippen molar-refractivity contribution in [1.29, 1.82) is 0 Å². The van der Waals surface area contributed by atoms with E-state index in [4.69, 9.17) is 0 Å². The van der Waals surface area contributed by atoms with Crippen molar-refractivity contribution >= 4 is 11.3 Å². The summed E-state index contributed by atoms with van der Waals surface area (Å²) in [5.74, 6) is 1.56. The Hall–Kier alpha value is -0.380. The first-order valence-electron chi connectivity index (χ1n) is 8.20. The summed E-state index contributed by atoms with van der Waals surface area (Å²) < 4.78 is 0. The molecule has 0 spiro atoms. The lowest BCUT2D eigenvalue weighted by atomic mass is 9.94. The van der Waals surface area contributed by atoms with Crippen molar-refractivity contribution in [3.8, 4) is 0 Å². The van der Waals surface area contributed by atoms with Crippen molar-refractivity contribution in [3.63, 3.8) is 0 Å². The Morgan fingerprint density at radius 2 is 2.10 bits per heavy atom. The molecule has 1 aromatic rings. The largest absolute Gasteiger partial charge is 0.317 e. The van der Waals surface area contributed by atoms with Crippen LogP contribution in [0.5, 0.6) is 0 Å². The van der Waals surface area contributed by atoms with E-state index in [-0.39, 0.29) is 0 Å². The summed E-state index contributed by atoms with van der Waals surface area (Å²) in [7, 11) is 0. The van der Waals surface area contributed by atoms with Crippen LogP contribution in [-0.4, -0.2) is 31.1 Å². The molecule has 0 amide bonds. The first kappa shape index (κ1) is 16.0. The minimum absolute atomic E-state index is 0.602. The molecule has 1 aromatic heterocycles. The number of nitrogens with one attached hydrogen (secondary N) is 1. The van der Waals surface area contributed by atoms with Gasteiger partial charge >= 0.3 is 0 Å². The fourth-order valence-electron chi connectivity index (χ4n) is 3.42. The second kappa shape index (κ2) is 8.16. The Kier molecular flexibility index (Phi) is 6.53. The standard InChI is InChI=1S/C17H30N2S/c1-4-11-19(13-15-7-9-18-10-8-15)17(14(2)3)16-6-5-12-20-16/h5-6,12,14-15,17-18H,4,7-11,13H2,1-3H3. The summed E-state index contributed by atoms with van der Waals surface area (Å²) in [6, 6.07) is 5.12. The fourth-order valence-corrected chi connectivity index (χ4v) is 4.45. The summed E-state index contributed by atoms with van der Waals surface area (Å²) in [6.45, 7) is 12.0. The third-order valence-electron chi connectivity index (χ3n) is 4.32. The number of hydrogen-bond acceptors (Lipinski definition) is 3. The molecule has 2 heterocycles. The lowest BCUT2D eigenvalue weighted by Crippen LogP contribution is -2.39. The van der Waals surface area contributed by atoms with Gasteiger partial charge in [-0.25, -0.2) is 0 Å². The smallest absolute Gasteiger partial charge is 0.0464 e. The third-order valence-corrected chi connectivity index (χ3v) is 5.26. The molecule has 114 valence electrons. The van der Waals surface area contributed by atoms with Crippen molar-refractivity contribution in [3.05, 3.63) is 22.4 Å². The van der Waals surface area contributed by atoms with Crippen LogP contribution in [0.15, 0.2) is 17.5 Å². The summed E-state index contributed by atoms with van der Waals surface area (Å²) in [5.41, 5.74) is 0. The maximum absolute atomic E-state index is 3.48. The minimum Gasteiger partial charge on any atom is -0.317 e. The van der Waals surface area contributed by atoms with Gasteiger partial charge in [0.15, 0.2) is 0 Å². The molecule has 3 heteroatoms. The van der Waals surface area contributed by atoms with Crippen molar-refractivity contribution in [2.24, 2.45) is 11.8 Å². The van der Waals surface area contributed by atoms with Crippen molar-refractivity contribution in [2.75, 3.05) is 26.2 Å². The topological polar surface area (TPSA) is 15.3 Å². The Morgan fingerprint density at radius 1 is 1.35 bits per heavy atom. The summed E-state index contributed by atoms with van der Waals surface area (Å²) in [5, 5.41) is 5.70. The molecule has 0 bridgehead atoms. The van der Waals surface area contributed by atoms with Gasteiger partial charge in [-0.2, -0.15) is 0 Å². The van der Waals surface area contributed by atoms with Crippen LogP contribution in [0, 0.1) is 11.8 Å². The van der Waals surface area contributed by atoms with Crippen molar-refractivity contribution < 1.29 is 0 Å². The average Bonchev–Trinajstić information content (AvgIpc) is 2.93.